The second kappa shape index (κ2) is 5.84. The van der Waals surface area contributed by atoms with Gasteiger partial charge in [-0.3, -0.25) is 0 Å². The summed E-state index contributed by atoms with van der Waals surface area (Å²) in [5.41, 5.74) is 2.96. The molecule has 2 aromatic carbocycles. The van der Waals surface area contributed by atoms with E-state index < -0.39 is 0 Å². The van der Waals surface area contributed by atoms with Crippen molar-refractivity contribution in [1.82, 2.24) is 9.97 Å². The van der Waals surface area contributed by atoms with Gasteiger partial charge in [0.05, 0.1) is 0 Å². The third-order valence-electron chi connectivity index (χ3n) is 4.65. The molecule has 0 amide bonds. The van der Waals surface area contributed by atoms with Gasteiger partial charge in [0.15, 0.2) is 0 Å². The Labute approximate surface area is 136 Å². The predicted octanol–water partition coefficient (Wildman–Crippen LogP) is 3.48. The highest BCUT2D eigenvalue weighted by Crippen LogP contribution is 2.39. The van der Waals surface area contributed by atoms with Gasteiger partial charge in [0.2, 0.25) is 0 Å². The van der Waals surface area contributed by atoms with E-state index in [1.165, 1.54) is 11.1 Å². The summed E-state index contributed by atoms with van der Waals surface area (Å²) in [6.45, 7) is 1.98. The summed E-state index contributed by atoms with van der Waals surface area (Å²) in [6, 6.07) is 23.6. The van der Waals surface area contributed by atoms with Gasteiger partial charge < -0.3 is 4.90 Å². The Morgan fingerprint density at radius 3 is 2.22 bits per heavy atom. The molecular formula is C20H19N3. The standard InChI is InChI=1S/C20H19N3/c1-3-7-17(8-4-1)13-20(18-9-5-2-6-10-18)14-23(15-20)19-11-12-21-16-22-19/h1-12,16H,13-15H2. The number of anilines is 1. The quantitative estimate of drug-likeness (QED) is 0.739. The molecule has 1 aliphatic heterocycles. The van der Waals surface area contributed by atoms with Gasteiger partial charge in [-0.25, -0.2) is 9.97 Å². The van der Waals surface area contributed by atoms with Gasteiger partial charge in [-0.1, -0.05) is 60.7 Å². The van der Waals surface area contributed by atoms with Crippen LogP contribution in [0, 0.1) is 0 Å². The first-order chi connectivity index (χ1) is 11.4. The third-order valence-corrected chi connectivity index (χ3v) is 4.65. The molecule has 1 saturated heterocycles. The van der Waals surface area contributed by atoms with Gasteiger partial charge in [0.25, 0.3) is 0 Å². The Balaban J connectivity index is 1.62. The Bertz CT molecular complexity index is 751. The number of aromatic nitrogens is 2. The minimum Gasteiger partial charge on any atom is -0.355 e. The van der Waals surface area contributed by atoms with Crippen LogP contribution in [-0.4, -0.2) is 23.1 Å². The number of benzene rings is 2. The van der Waals surface area contributed by atoms with E-state index >= 15 is 0 Å². The van der Waals surface area contributed by atoms with Crippen LogP contribution in [0.3, 0.4) is 0 Å². The lowest BCUT2D eigenvalue weighted by Crippen LogP contribution is -2.61. The molecule has 0 radical (unpaired) electrons. The van der Waals surface area contributed by atoms with Crippen LogP contribution >= 0.6 is 0 Å². The molecule has 0 atom stereocenters. The van der Waals surface area contributed by atoms with Gasteiger partial charge in [0.1, 0.15) is 12.1 Å². The Kier molecular flexibility index (Phi) is 3.54. The lowest BCUT2D eigenvalue weighted by molar-refractivity contribution is 0.325. The Hall–Kier alpha value is -2.68. The fourth-order valence-corrected chi connectivity index (χ4v) is 3.49. The first-order valence-electron chi connectivity index (χ1n) is 7.96. The van der Waals surface area contributed by atoms with E-state index in [0.29, 0.717) is 0 Å². The molecule has 3 aromatic rings. The molecule has 1 aliphatic rings. The van der Waals surface area contributed by atoms with Gasteiger partial charge in [-0.15, -0.1) is 0 Å². The zero-order valence-electron chi connectivity index (χ0n) is 13.0. The zero-order valence-corrected chi connectivity index (χ0v) is 13.0. The van der Waals surface area contributed by atoms with Crippen molar-refractivity contribution in [2.24, 2.45) is 0 Å². The number of rotatable bonds is 4. The molecule has 23 heavy (non-hydrogen) atoms. The van der Waals surface area contributed by atoms with E-state index in [-0.39, 0.29) is 5.41 Å². The summed E-state index contributed by atoms with van der Waals surface area (Å²) in [5.74, 6) is 1.01. The van der Waals surface area contributed by atoms with Crippen LogP contribution in [0.15, 0.2) is 79.3 Å². The lowest BCUT2D eigenvalue weighted by atomic mass is 9.69. The van der Waals surface area contributed by atoms with Crippen molar-refractivity contribution >= 4 is 5.82 Å². The second-order valence-corrected chi connectivity index (χ2v) is 6.23. The number of hydrogen-bond donors (Lipinski definition) is 0. The molecule has 0 N–H and O–H groups in total. The fraction of sp³-hybridized carbons (Fsp3) is 0.200. The van der Waals surface area contributed by atoms with E-state index in [9.17, 15) is 0 Å². The van der Waals surface area contributed by atoms with Crippen molar-refractivity contribution in [2.75, 3.05) is 18.0 Å². The van der Waals surface area contributed by atoms with Crippen molar-refractivity contribution in [1.29, 1.82) is 0 Å². The second-order valence-electron chi connectivity index (χ2n) is 6.23. The summed E-state index contributed by atoms with van der Waals surface area (Å²) in [4.78, 5) is 10.7. The SMILES string of the molecule is c1ccc(CC2(c3ccccc3)CN(c3ccncn3)C2)cc1. The molecule has 1 fully saturated rings. The minimum absolute atomic E-state index is 0.160. The maximum atomic E-state index is 4.38. The highest BCUT2D eigenvalue weighted by atomic mass is 15.3. The van der Waals surface area contributed by atoms with Crippen LogP contribution < -0.4 is 4.90 Å². The number of nitrogens with zero attached hydrogens (tertiary/aromatic N) is 3. The normalized spacial score (nSPS) is 15.9. The van der Waals surface area contributed by atoms with Crippen molar-refractivity contribution in [2.45, 2.75) is 11.8 Å². The summed E-state index contributed by atoms with van der Waals surface area (Å²) >= 11 is 0. The van der Waals surface area contributed by atoms with Gasteiger partial charge in [0, 0.05) is 24.7 Å². The van der Waals surface area contributed by atoms with E-state index in [1.807, 2.05) is 12.3 Å². The van der Waals surface area contributed by atoms with Crippen LogP contribution in [0.4, 0.5) is 5.82 Å². The highest BCUT2D eigenvalue weighted by molar-refractivity contribution is 5.48. The average Bonchev–Trinajstić information content (AvgIpc) is 2.60. The Morgan fingerprint density at radius 2 is 1.57 bits per heavy atom. The van der Waals surface area contributed by atoms with Gasteiger partial charge in [-0.2, -0.15) is 0 Å². The van der Waals surface area contributed by atoms with Crippen LogP contribution in [-0.2, 0) is 11.8 Å². The molecule has 4 rings (SSSR count). The van der Waals surface area contributed by atoms with Gasteiger partial charge in [-0.05, 0) is 23.6 Å². The van der Waals surface area contributed by atoms with Crippen molar-refractivity contribution in [3.05, 3.63) is 90.4 Å². The van der Waals surface area contributed by atoms with E-state index in [1.54, 1.807) is 6.33 Å². The maximum Gasteiger partial charge on any atom is 0.131 e. The largest absolute Gasteiger partial charge is 0.355 e. The first-order valence-corrected chi connectivity index (χ1v) is 7.96. The van der Waals surface area contributed by atoms with Crippen LogP contribution in [0.1, 0.15) is 11.1 Å². The third kappa shape index (κ3) is 2.70. The molecule has 114 valence electrons. The molecule has 0 saturated carbocycles. The molecule has 2 heterocycles. The molecule has 3 heteroatoms. The molecule has 0 aliphatic carbocycles. The van der Waals surface area contributed by atoms with Gasteiger partial charge >= 0.3 is 0 Å². The first kappa shape index (κ1) is 13.9. The number of hydrogen-bond acceptors (Lipinski definition) is 3. The molecule has 0 bridgehead atoms. The van der Waals surface area contributed by atoms with Crippen LogP contribution in [0.2, 0.25) is 0 Å². The predicted molar refractivity (Wildman–Crippen MR) is 92.5 cm³/mol. The smallest absolute Gasteiger partial charge is 0.131 e. The van der Waals surface area contributed by atoms with E-state index in [4.69, 9.17) is 0 Å². The topological polar surface area (TPSA) is 29.0 Å². The van der Waals surface area contributed by atoms with Crippen molar-refractivity contribution in [3.8, 4) is 0 Å². The monoisotopic (exact) mass is 301 g/mol. The van der Waals surface area contributed by atoms with Crippen LogP contribution in [0.25, 0.3) is 0 Å². The average molecular weight is 301 g/mol. The molecular weight excluding hydrogens is 282 g/mol. The van der Waals surface area contributed by atoms with Crippen molar-refractivity contribution < 1.29 is 0 Å². The van der Waals surface area contributed by atoms with Crippen molar-refractivity contribution in [3.63, 3.8) is 0 Å². The minimum atomic E-state index is 0.160. The molecule has 0 spiro atoms. The zero-order chi connectivity index (χ0) is 15.5. The lowest BCUT2D eigenvalue weighted by Gasteiger charge is -2.51. The van der Waals surface area contributed by atoms with Crippen LogP contribution in [0.5, 0.6) is 0 Å². The maximum absolute atomic E-state index is 4.38. The fourth-order valence-electron chi connectivity index (χ4n) is 3.49. The molecule has 3 nitrogen and oxygen atoms in total. The Morgan fingerprint density at radius 1 is 0.870 bits per heavy atom. The van der Waals surface area contributed by atoms with E-state index in [0.717, 1.165) is 25.3 Å². The molecule has 1 aromatic heterocycles. The highest BCUT2D eigenvalue weighted by Gasteiger charge is 2.44. The summed E-state index contributed by atoms with van der Waals surface area (Å²) in [6.07, 6.45) is 4.48. The summed E-state index contributed by atoms with van der Waals surface area (Å²) in [7, 11) is 0. The van der Waals surface area contributed by atoms with E-state index in [2.05, 4.69) is 75.5 Å². The summed E-state index contributed by atoms with van der Waals surface area (Å²) < 4.78 is 0. The summed E-state index contributed by atoms with van der Waals surface area (Å²) in [5, 5.41) is 0. The molecule has 0 unspecified atom stereocenters.